The fourth-order valence-electron chi connectivity index (χ4n) is 2.48. The molecule has 0 amide bonds. The molecule has 0 unspecified atom stereocenters. The van der Waals surface area contributed by atoms with Crippen molar-refractivity contribution in [2.24, 2.45) is 7.05 Å². The molecule has 3 N–H and O–H groups in total. The summed E-state index contributed by atoms with van der Waals surface area (Å²) < 4.78 is 13.7. The van der Waals surface area contributed by atoms with Gasteiger partial charge in [0.1, 0.15) is 11.4 Å². The molecule has 0 saturated carbocycles. The Hall–Kier alpha value is -0.680. The van der Waals surface area contributed by atoms with E-state index in [9.17, 15) is 0 Å². The third kappa shape index (κ3) is 5.45. The van der Waals surface area contributed by atoms with Crippen molar-refractivity contribution in [1.82, 2.24) is 4.57 Å². The highest BCUT2D eigenvalue weighted by Crippen LogP contribution is 2.25. The van der Waals surface area contributed by atoms with Crippen LogP contribution in [0.25, 0.3) is 0 Å². The highest BCUT2D eigenvalue weighted by Gasteiger charge is 2.23. The lowest BCUT2D eigenvalue weighted by Crippen LogP contribution is -2.36. The molecule has 0 atom stereocenters. The van der Waals surface area contributed by atoms with E-state index in [0.29, 0.717) is 0 Å². The number of nitrogens with zero attached hydrogens (tertiary/aromatic N) is 2. The Labute approximate surface area is 115 Å². The quantitative estimate of drug-likeness (QED) is 0.573. The molecule has 19 heavy (non-hydrogen) atoms. The number of phosphoric acid groups is 1. The number of hydrogen-bond donors (Lipinski definition) is 3. The zero-order chi connectivity index (χ0) is 15.2. The van der Waals surface area contributed by atoms with Gasteiger partial charge in [-0.1, -0.05) is 20.8 Å². The van der Waals surface area contributed by atoms with Gasteiger partial charge in [-0.2, -0.15) is 0 Å². The maximum Gasteiger partial charge on any atom is 0.466 e. The van der Waals surface area contributed by atoms with E-state index in [4.69, 9.17) is 19.2 Å². The van der Waals surface area contributed by atoms with Gasteiger partial charge >= 0.3 is 7.82 Å². The molecule has 0 fully saturated rings. The van der Waals surface area contributed by atoms with Crippen LogP contribution in [0.3, 0.4) is 0 Å². The average Bonchev–Trinajstić information content (AvgIpc) is 2.57. The summed E-state index contributed by atoms with van der Waals surface area (Å²) in [6.07, 6.45) is 3.40. The minimum atomic E-state index is -4.64. The zero-order valence-corrected chi connectivity index (χ0v) is 13.3. The lowest BCUT2D eigenvalue weighted by Gasteiger charge is -1.98. The number of aromatic nitrogens is 2. The molecular formula is C12H26N2O4P+. The standard InChI is InChI=1S/C12H23N2.H3O4P/c1-6-10-11(7-2)14(9-4)12(8-3)13(10)5;1-5(2,3)4/h6-9H2,1-5H3;(H3,1,2,3,4)/q+1;. The van der Waals surface area contributed by atoms with Gasteiger partial charge in [-0.15, -0.1) is 0 Å². The van der Waals surface area contributed by atoms with Crippen LogP contribution in [-0.4, -0.2) is 19.2 Å². The Morgan fingerprint density at radius 1 is 1.05 bits per heavy atom. The van der Waals surface area contributed by atoms with E-state index in [1.165, 1.54) is 17.2 Å². The van der Waals surface area contributed by atoms with Crippen molar-refractivity contribution in [1.29, 1.82) is 0 Å². The monoisotopic (exact) mass is 293 g/mol. The summed E-state index contributed by atoms with van der Waals surface area (Å²) in [5.74, 6) is 1.46. The predicted molar refractivity (Wildman–Crippen MR) is 73.7 cm³/mol. The molecule has 7 heteroatoms. The molecule has 0 aliphatic rings. The Bertz CT molecular complexity index is 413. The van der Waals surface area contributed by atoms with Crippen LogP contribution in [0.4, 0.5) is 0 Å². The van der Waals surface area contributed by atoms with E-state index in [0.717, 1.165) is 25.8 Å². The first-order valence-electron chi connectivity index (χ1n) is 6.58. The fraction of sp³-hybridized carbons (Fsp3) is 0.750. The maximum absolute atomic E-state index is 8.88. The van der Waals surface area contributed by atoms with E-state index in [1.54, 1.807) is 0 Å². The molecule has 0 spiro atoms. The molecule has 0 radical (unpaired) electrons. The first-order valence-corrected chi connectivity index (χ1v) is 8.14. The molecule has 0 aliphatic heterocycles. The molecule has 6 nitrogen and oxygen atoms in total. The van der Waals surface area contributed by atoms with E-state index in [2.05, 4.69) is 43.9 Å². The molecule has 1 aromatic heterocycles. The summed E-state index contributed by atoms with van der Waals surface area (Å²) >= 11 is 0. The second kappa shape index (κ2) is 7.80. The van der Waals surface area contributed by atoms with Gasteiger partial charge in [0.05, 0.1) is 13.6 Å². The van der Waals surface area contributed by atoms with E-state index in [-0.39, 0.29) is 0 Å². The summed E-state index contributed by atoms with van der Waals surface area (Å²) in [5.41, 5.74) is 3.03. The van der Waals surface area contributed by atoms with Crippen LogP contribution in [0.5, 0.6) is 0 Å². The molecule has 1 heterocycles. The predicted octanol–water partition coefficient (Wildman–Crippen LogP) is 1.09. The summed E-state index contributed by atoms with van der Waals surface area (Å²) in [6.45, 7) is 10.1. The highest BCUT2D eigenvalue weighted by atomic mass is 31.2. The van der Waals surface area contributed by atoms with Crippen LogP contribution in [0.15, 0.2) is 0 Å². The molecule has 0 aliphatic carbocycles. The average molecular weight is 293 g/mol. The second-order valence-electron chi connectivity index (χ2n) is 4.19. The minimum Gasteiger partial charge on any atom is -0.303 e. The van der Waals surface area contributed by atoms with E-state index < -0.39 is 7.82 Å². The van der Waals surface area contributed by atoms with Crippen molar-refractivity contribution in [2.75, 3.05) is 0 Å². The Kier molecular flexibility index (Phi) is 7.52. The van der Waals surface area contributed by atoms with Gasteiger partial charge in [0.25, 0.3) is 5.82 Å². The SMILES string of the molecule is CCc1c(CC)[n+](C)c(CC)n1CC.O=P(O)(O)O. The van der Waals surface area contributed by atoms with Gasteiger partial charge in [0.2, 0.25) is 0 Å². The second-order valence-corrected chi connectivity index (χ2v) is 5.21. The largest absolute Gasteiger partial charge is 0.466 e. The van der Waals surface area contributed by atoms with Crippen molar-refractivity contribution in [3.63, 3.8) is 0 Å². The Balaban J connectivity index is 0.000000555. The topological polar surface area (TPSA) is 86.6 Å². The smallest absolute Gasteiger partial charge is 0.303 e. The van der Waals surface area contributed by atoms with Gasteiger partial charge in [-0.05, 0) is 6.92 Å². The van der Waals surface area contributed by atoms with Gasteiger partial charge in [0, 0.05) is 19.3 Å². The third-order valence-corrected chi connectivity index (χ3v) is 3.06. The fourth-order valence-corrected chi connectivity index (χ4v) is 2.48. The van der Waals surface area contributed by atoms with Gasteiger partial charge < -0.3 is 14.7 Å². The summed E-state index contributed by atoms with van der Waals surface area (Å²) in [4.78, 5) is 21.6. The van der Waals surface area contributed by atoms with Crippen LogP contribution in [0, 0.1) is 0 Å². The van der Waals surface area contributed by atoms with E-state index >= 15 is 0 Å². The molecule has 112 valence electrons. The highest BCUT2D eigenvalue weighted by molar-refractivity contribution is 7.45. The minimum absolute atomic E-state index is 1.10. The first kappa shape index (κ1) is 18.3. The zero-order valence-electron chi connectivity index (χ0n) is 12.4. The van der Waals surface area contributed by atoms with Gasteiger partial charge in [0.15, 0.2) is 0 Å². The van der Waals surface area contributed by atoms with Crippen LogP contribution in [0.2, 0.25) is 0 Å². The molecule has 0 bridgehead atoms. The normalized spacial score (nSPS) is 11.2. The van der Waals surface area contributed by atoms with E-state index in [1.807, 2.05) is 0 Å². The van der Waals surface area contributed by atoms with Crippen molar-refractivity contribution < 1.29 is 23.8 Å². The number of rotatable bonds is 4. The van der Waals surface area contributed by atoms with Crippen molar-refractivity contribution in [2.45, 2.75) is 53.5 Å². The maximum atomic E-state index is 8.88. The summed E-state index contributed by atoms with van der Waals surface area (Å²) in [7, 11) is -2.44. The van der Waals surface area contributed by atoms with Crippen LogP contribution in [-0.2, 0) is 37.4 Å². The van der Waals surface area contributed by atoms with Crippen molar-refractivity contribution in [3.05, 3.63) is 17.2 Å². The molecular weight excluding hydrogens is 267 g/mol. The first-order chi connectivity index (χ1) is 8.71. The molecule has 0 aromatic carbocycles. The lowest BCUT2D eigenvalue weighted by molar-refractivity contribution is -0.686. The Morgan fingerprint density at radius 3 is 1.79 bits per heavy atom. The van der Waals surface area contributed by atoms with Gasteiger partial charge in [-0.3, -0.25) is 0 Å². The van der Waals surface area contributed by atoms with Gasteiger partial charge in [-0.25, -0.2) is 13.7 Å². The number of imidazole rings is 1. The van der Waals surface area contributed by atoms with Crippen molar-refractivity contribution in [3.8, 4) is 0 Å². The summed E-state index contributed by atoms with van der Waals surface area (Å²) in [5, 5.41) is 0. The van der Waals surface area contributed by atoms with Crippen LogP contribution >= 0.6 is 7.82 Å². The number of hydrogen-bond acceptors (Lipinski definition) is 1. The third-order valence-electron chi connectivity index (χ3n) is 3.06. The lowest BCUT2D eigenvalue weighted by atomic mass is 10.2. The van der Waals surface area contributed by atoms with Crippen molar-refractivity contribution >= 4 is 7.82 Å². The van der Waals surface area contributed by atoms with Crippen LogP contribution < -0.4 is 4.57 Å². The summed E-state index contributed by atoms with van der Waals surface area (Å²) in [6, 6.07) is 0. The molecule has 1 aromatic rings. The molecule has 0 saturated heterocycles. The Morgan fingerprint density at radius 2 is 1.53 bits per heavy atom. The molecule has 1 rings (SSSR count). The van der Waals surface area contributed by atoms with Crippen LogP contribution in [0.1, 0.15) is 44.9 Å².